The zero-order valence-corrected chi connectivity index (χ0v) is 9.74. The number of rotatable bonds is 2. The molecular formula is C15H11N3. The zero-order valence-electron chi connectivity index (χ0n) is 9.74. The lowest BCUT2D eigenvalue weighted by molar-refractivity contribution is 1.06. The molecular weight excluding hydrogens is 222 g/mol. The Balaban J connectivity index is 2.29. The van der Waals surface area contributed by atoms with Crippen molar-refractivity contribution in [1.29, 1.82) is 5.26 Å². The second-order valence-corrected chi connectivity index (χ2v) is 4.04. The van der Waals surface area contributed by atoms with Gasteiger partial charge in [-0.3, -0.25) is 0 Å². The van der Waals surface area contributed by atoms with Gasteiger partial charge in [0.05, 0.1) is 23.9 Å². The monoisotopic (exact) mass is 233 g/mol. The Hall–Kier alpha value is -2.60. The standard InChI is InChI=1S/C15H11N3/c16-10-9-13-15(12-6-2-1-3-7-12)17-14-8-4-5-11-18(13)14/h1-8,11H,9H2. The molecule has 1 aromatic carbocycles. The van der Waals surface area contributed by atoms with Crippen molar-refractivity contribution in [2.75, 3.05) is 0 Å². The third-order valence-electron chi connectivity index (χ3n) is 2.92. The fourth-order valence-electron chi connectivity index (χ4n) is 2.12. The Morgan fingerprint density at radius 2 is 1.83 bits per heavy atom. The Kier molecular flexibility index (Phi) is 2.54. The quantitative estimate of drug-likeness (QED) is 0.682. The molecule has 18 heavy (non-hydrogen) atoms. The van der Waals surface area contributed by atoms with Crippen LogP contribution >= 0.6 is 0 Å². The number of aromatic nitrogens is 2. The first-order valence-electron chi connectivity index (χ1n) is 5.78. The SMILES string of the molecule is N#CCc1c(-c2ccccc2)nc2ccccn12. The average Bonchev–Trinajstić information content (AvgIpc) is 2.80. The molecule has 0 aliphatic rings. The van der Waals surface area contributed by atoms with Crippen LogP contribution in [-0.2, 0) is 6.42 Å². The highest BCUT2D eigenvalue weighted by Crippen LogP contribution is 2.24. The fourth-order valence-corrected chi connectivity index (χ4v) is 2.12. The van der Waals surface area contributed by atoms with E-state index in [-0.39, 0.29) is 0 Å². The van der Waals surface area contributed by atoms with Crippen LogP contribution in [0.1, 0.15) is 5.69 Å². The summed E-state index contributed by atoms with van der Waals surface area (Å²) >= 11 is 0. The molecule has 3 heteroatoms. The van der Waals surface area contributed by atoms with Gasteiger partial charge in [0, 0.05) is 11.8 Å². The molecule has 0 atom stereocenters. The van der Waals surface area contributed by atoms with E-state index >= 15 is 0 Å². The second-order valence-electron chi connectivity index (χ2n) is 4.04. The van der Waals surface area contributed by atoms with Crippen molar-refractivity contribution >= 4 is 5.65 Å². The molecule has 3 nitrogen and oxygen atoms in total. The van der Waals surface area contributed by atoms with Gasteiger partial charge in [-0.15, -0.1) is 0 Å². The van der Waals surface area contributed by atoms with Crippen molar-refractivity contribution in [3.63, 3.8) is 0 Å². The summed E-state index contributed by atoms with van der Waals surface area (Å²) in [7, 11) is 0. The molecule has 2 aromatic heterocycles. The van der Waals surface area contributed by atoms with E-state index in [1.807, 2.05) is 59.1 Å². The van der Waals surface area contributed by atoms with Crippen molar-refractivity contribution < 1.29 is 0 Å². The number of hydrogen-bond donors (Lipinski definition) is 0. The van der Waals surface area contributed by atoms with Gasteiger partial charge in [0.1, 0.15) is 5.65 Å². The number of nitriles is 1. The lowest BCUT2D eigenvalue weighted by atomic mass is 10.1. The van der Waals surface area contributed by atoms with Gasteiger partial charge in [-0.05, 0) is 12.1 Å². The summed E-state index contributed by atoms with van der Waals surface area (Å²) in [5.74, 6) is 0. The first kappa shape index (κ1) is 10.5. The Bertz CT molecular complexity index is 720. The molecule has 0 aliphatic heterocycles. The van der Waals surface area contributed by atoms with Crippen LogP contribution in [0.5, 0.6) is 0 Å². The number of fused-ring (bicyclic) bond motifs is 1. The van der Waals surface area contributed by atoms with Crippen LogP contribution in [0, 0.1) is 11.3 Å². The molecule has 0 unspecified atom stereocenters. The Morgan fingerprint density at radius 1 is 1.06 bits per heavy atom. The van der Waals surface area contributed by atoms with E-state index in [1.54, 1.807) is 0 Å². The maximum atomic E-state index is 8.98. The summed E-state index contributed by atoms with van der Waals surface area (Å²) in [4.78, 5) is 4.61. The lowest BCUT2D eigenvalue weighted by Crippen LogP contribution is -1.92. The van der Waals surface area contributed by atoms with E-state index in [9.17, 15) is 0 Å². The molecule has 0 bridgehead atoms. The molecule has 0 fully saturated rings. The number of nitrogens with zero attached hydrogens (tertiary/aromatic N) is 3. The van der Waals surface area contributed by atoms with Crippen LogP contribution in [0.4, 0.5) is 0 Å². The lowest BCUT2D eigenvalue weighted by Gasteiger charge is -2.00. The van der Waals surface area contributed by atoms with E-state index < -0.39 is 0 Å². The highest BCUT2D eigenvalue weighted by atomic mass is 15.0. The van der Waals surface area contributed by atoms with Crippen LogP contribution in [0.3, 0.4) is 0 Å². The maximum Gasteiger partial charge on any atom is 0.137 e. The van der Waals surface area contributed by atoms with E-state index in [1.165, 1.54) is 0 Å². The van der Waals surface area contributed by atoms with E-state index in [0.717, 1.165) is 22.6 Å². The van der Waals surface area contributed by atoms with E-state index in [0.29, 0.717) is 6.42 Å². The van der Waals surface area contributed by atoms with Gasteiger partial charge in [-0.2, -0.15) is 5.26 Å². The summed E-state index contributed by atoms with van der Waals surface area (Å²) in [5.41, 5.74) is 3.76. The third-order valence-corrected chi connectivity index (χ3v) is 2.92. The van der Waals surface area contributed by atoms with E-state index in [4.69, 9.17) is 5.26 Å². The predicted octanol–water partition coefficient (Wildman–Crippen LogP) is 3.07. The van der Waals surface area contributed by atoms with Crippen LogP contribution in [0.2, 0.25) is 0 Å². The van der Waals surface area contributed by atoms with Crippen LogP contribution in [0.15, 0.2) is 54.7 Å². The highest BCUT2D eigenvalue weighted by Gasteiger charge is 2.12. The number of imidazole rings is 1. The minimum Gasteiger partial charge on any atom is -0.302 e. The van der Waals surface area contributed by atoms with Gasteiger partial charge < -0.3 is 4.40 Å². The van der Waals surface area contributed by atoms with Gasteiger partial charge in [-0.1, -0.05) is 36.4 Å². The molecule has 0 spiro atoms. The second kappa shape index (κ2) is 4.34. The van der Waals surface area contributed by atoms with Gasteiger partial charge in [-0.25, -0.2) is 4.98 Å². The highest BCUT2D eigenvalue weighted by molar-refractivity contribution is 5.66. The molecule has 2 heterocycles. The topological polar surface area (TPSA) is 41.1 Å². The summed E-state index contributed by atoms with van der Waals surface area (Å²) in [6.45, 7) is 0. The maximum absolute atomic E-state index is 8.98. The molecule has 0 amide bonds. The Labute approximate surface area is 105 Å². The van der Waals surface area contributed by atoms with Crippen molar-refractivity contribution in [1.82, 2.24) is 9.38 Å². The minimum atomic E-state index is 0.357. The first-order valence-corrected chi connectivity index (χ1v) is 5.78. The van der Waals surface area contributed by atoms with Crippen molar-refractivity contribution in [3.8, 4) is 17.3 Å². The number of hydrogen-bond acceptors (Lipinski definition) is 2. The van der Waals surface area contributed by atoms with Crippen molar-refractivity contribution in [2.24, 2.45) is 0 Å². The van der Waals surface area contributed by atoms with Gasteiger partial charge in [0.15, 0.2) is 0 Å². The largest absolute Gasteiger partial charge is 0.302 e. The smallest absolute Gasteiger partial charge is 0.137 e. The molecule has 0 radical (unpaired) electrons. The summed E-state index contributed by atoms with van der Waals surface area (Å²) < 4.78 is 1.98. The number of benzene rings is 1. The third kappa shape index (κ3) is 1.64. The number of pyridine rings is 1. The summed E-state index contributed by atoms with van der Waals surface area (Å²) in [6.07, 6.45) is 2.30. The van der Waals surface area contributed by atoms with Gasteiger partial charge in [0.25, 0.3) is 0 Å². The predicted molar refractivity (Wildman–Crippen MR) is 69.9 cm³/mol. The molecule has 0 aliphatic carbocycles. The van der Waals surface area contributed by atoms with Crippen molar-refractivity contribution in [3.05, 3.63) is 60.4 Å². The van der Waals surface area contributed by atoms with Crippen LogP contribution in [0.25, 0.3) is 16.9 Å². The molecule has 86 valence electrons. The first-order chi connectivity index (χ1) is 8.90. The van der Waals surface area contributed by atoms with Crippen molar-refractivity contribution in [2.45, 2.75) is 6.42 Å². The molecule has 0 N–H and O–H groups in total. The van der Waals surface area contributed by atoms with Gasteiger partial charge in [0.2, 0.25) is 0 Å². The molecule has 3 aromatic rings. The molecule has 3 rings (SSSR count). The van der Waals surface area contributed by atoms with Crippen LogP contribution in [-0.4, -0.2) is 9.38 Å². The summed E-state index contributed by atoms with van der Waals surface area (Å²) in [5, 5.41) is 8.98. The normalized spacial score (nSPS) is 10.4. The summed E-state index contributed by atoms with van der Waals surface area (Å²) in [6, 6.07) is 18.0. The Morgan fingerprint density at radius 3 is 2.61 bits per heavy atom. The molecule has 0 saturated carbocycles. The zero-order chi connectivity index (χ0) is 12.4. The average molecular weight is 233 g/mol. The minimum absolute atomic E-state index is 0.357. The molecule has 0 saturated heterocycles. The van der Waals surface area contributed by atoms with E-state index in [2.05, 4.69) is 11.1 Å². The van der Waals surface area contributed by atoms with Gasteiger partial charge >= 0.3 is 0 Å². The fraction of sp³-hybridized carbons (Fsp3) is 0.0667. The van der Waals surface area contributed by atoms with Crippen LogP contribution < -0.4 is 0 Å².